The summed E-state index contributed by atoms with van der Waals surface area (Å²) in [5, 5.41) is 11.8. The number of carbonyl (C=O) groups excluding carboxylic acids is 1. The molecular weight excluding hydrogens is 344 g/mol. The van der Waals surface area contributed by atoms with Crippen molar-refractivity contribution in [3.05, 3.63) is 52.3 Å². The van der Waals surface area contributed by atoms with Gasteiger partial charge in [0.2, 0.25) is 5.91 Å². The second-order valence-corrected chi connectivity index (χ2v) is 5.73. The van der Waals surface area contributed by atoms with Crippen LogP contribution in [-0.4, -0.2) is 16.6 Å². The molecule has 1 aromatic heterocycles. The molecule has 0 bridgehead atoms. The number of halogens is 1. The predicted octanol–water partition coefficient (Wildman–Crippen LogP) is 3.57. The fourth-order valence-electron chi connectivity index (χ4n) is 2.23. The van der Waals surface area contributed by atoms with E-state index >= 15 is 0 Å². The number of rotatable bonds is 1. The molecule has 3 rings (SSSR count). The largest absolute Gasteiger partial charge is 0.324 e. The molecule has 0 atom stereocenters. The molecule has 1 N–H and O–H groups in total. The Balaban J connectivity index is 2.11. The number of nitrogens with one attached hydrogen (secondary N) is 1. The summed E-state index contributed by atoms with van der Waals surface area (Å²) in [7, 11) is 0. The zero-order valence-electron chi connectivity index (χ0n) is 11.5. The normalized spacial score (nSPS) is 14.0. The first-order chi connectivity index (χ1) is 10.7. The van der Waals surface area contributed by atoms with E-state index in [9.17, 15) is 4.79 Å². The number of amides is 1. The standard InChI is InChI=1S/C16H11BrN4O/c17-11-1-2-14-15(8-11)21-16(22)4-3-13(20-14)10-5-6-19-12(7-10)9-18/h1-2,5-8H,3-4H2,(H,21,22). The fourth-order valence-corrected chi connectivity index (χ4v) is 2.59. The molecule has 0 radical (unpaired) electrons. The van der Waals surface area contributed by atoms with Gasteiger partial charge in [-0.2, -0.15) is 5.26 Å². The topological polar surface area (TPSA) is 78.1 Å². The van der Waals surface area contributed by atoms with E-state index in [1.807, 2.05) is 24.3 Å². The number of aliphatic imine (C=N–C) groups is 1. The lowest BCUT2D eigenvalue weighted by molar-refractivity contribution is -0.116. The van der Waals surface area contributed by atoms with Gasteiger partial charge in [-0.1, -0.05) is 15.9 Å². The molecule has 0 unspecified atom stereocenters. The number of pyridine rings is 1. The summed E-state index contributed by atoms with van der Waals surface area (Å²) in [6.07, 6.45) is 2.43. The number of hydrogen-bond acceptors (Lipinski definition) is 4. The first-order valence-electron chi connectivity index (χ1n) is 6.69. The molecule has 2 heterocycles. The second-order valence-electron chi connectivity index (χ2n) is 4.81. The van der Waals surface area contributed by atoms with Crippen LogP contribution in [0, 0.1) is 11.3 Å². The molecule has 0 fully saturated rings. The van der Waals surface area contributed by atoms with Crippen molar-refractivity contribution < 1.29 is 4.79 Å². The lowest BCUT2D eigenvalue weighted by atomic mass is 10.0. The van der Waals surface area contributed by atoms with E-state index in [-0.39, 0.29) is 5.91 Å². The van der Waals surface area contributed by atoms with Gasteiger partial charge < -0.3 is 5.32 Å². The van der Waals surface area contributed by atoms with Crippen LogP contribution in [-0.2, 0) is 4.79 Å². The van der Waals surface area contributed by atoms with E-state index in [0.29, 0.717) is 29.9 Å². The van der Waals surface area contributed by atoms with Crippen LogP contribution < -0.4 is 5.32 Å². The number of fused-ring (bicyclic) bond motifs is 1. The maximum Gasteiger partial charge on any atom is 0.224 e. The van der Waals surface area contributed by atoms with Crippen molar-refractivity contribution in [3.63, 3.8) is 0 Å². The summed E-state index contributed by atoms with van der Waals surface area (Å²) in [6, 6.07) is 11.1. The van der Waals surface area contributed by atoms with Crippen molar-refractivity contribution >= 4 is 38.9 Å². The van der Waals surface area contributed by atoms with E-state index < -0.39 is 0 Å². The van der Waals surface area contributed by atoms with E-state index in [1.165, 1.54) is 0 Å². The smallest absolute Gasteiger partial charge is 0.224 e. The molecule has 1 amide bonds. The Morgan fingerprint density at radius 1 is 1.23 bits per heavy atom. The van der Waals surface area contributed by atoms with E-state index in [2.05, 4.69) is 31.2 Å². The summed E-state index contributed by atoms with van der Waals surface area (Å²) in [4.78, 5) is 20.6. The maximum absolute atomic E-state index is 12.0. The monoisotopic (exact) mass is 354 g/mol. The van der Waals surface area contributed by atoms with Gasteiger partial charge in [0.05, 0.1) is 11.4 Å². The van der Waals surface area contributed by atoms with E-state index in [4.69, 9.17) is 5.26 Å². The quantitative estimate of drug-likeness (QED) is 0.849. The summed E-state index contributed by atoms with van der Waals surface area (Å²) >= 11 is 3.39. The Kier molecular flexibility index (Phi) is 3.98. The SMILES string of the molecule is N#Cc1cc(C2=Nc3ccc(Br)cc3NC(=O)CC2)ccn1. The Labute approximate surface area is 135 Å². The number of carbonyl (C=O) groups is 1. The minimum Gasteiger partial charge on any atom is -0.324 e. The highest BCUT2D eigenvalue weighted by atomic mass is 79.9. The van der Waals surface area contributed by atoms with Crippen LogP contribution >= 0.6 is 15.9 Å². The van der Waals surface area contributed by atoms with Gasteiger partial charge in [0.25, 0.3) is 0 Å². The maximum atomic E-state index is 12.0. The minimum atomic E-state index is -0.0543. The average molecular weight is 355 g/mol. The highest BCUT2D eigenvalue weighted by molar-refractivity contribution is 9.10. The van der Waals surface area contributed by atoms with Crippen molar-refractivity contribution in [2.45, 2.75) is 12.8 Å². The lowest BCUT2D eigenvalue weighted by Gasteiger charge is -2.15. The number of aromatic nitrogens is 1. The van der Waals surface area contributed by atoms with Crippen LogP contribution in [0.2, 0.25) is 0 Å². The molecule has 1 aliphatic rings. The summed E-state index contributed by atoms with van der Waals surface area (Å²) < 4.78 is 0.875. The third kappa shape index (κ3) is 3.05. The molecule has 0 aliphatic carbocycles. The van der Waals surface area contributed by atoms with Crippen molar-refractivity contribution in [2.75, 3.05) is 5.32 Å². The van der Waals surface area contributed by atoms with Crippen molar-refractivity contribution in [2.24, 2.45) is 4.99 Å². The fraction of sp³-hybridized carbons (Fsp3) is 0.125. The number of anilines is 1. The van der Waals surface area contributed by atoms with Gasteiger partial charge in [0.15, 0.2) is 0 Å². The lowest BCUT2D eigenvalue weighted by Crippen LogP contribution is -2.16. The van der Waals surface area contributed by atoms with E-state index in [0.717, 1.165) is 15.7 Å². The highest BCUT2D eigenvalue weighted by Crippen LogP contribution is 2.31. The minimum absolute atomic E-state index is 0.0543. The molecule has 6 heteroatoms. The van der Waals surface area contributed by atoms with Gasteiger partial charge >= 0.3 is 0 Å². The first-order valence-corrected chi connectivity index (χ1v) is 7.48. The molecular formula is C16H11BrN4O. The number of nitriles is 1. The third-order valence-corrected chi connectivity index (χ3v) is 3.78. The zero-order valence-corrected chi connectivity index (χ0v) is 13.1. The highest BCUT2D eigenvalue weighted by Gasteiger charge is 2.15. The van der Waals surface area contributed by atoms with Crippen LogP contribution in [0.3, 0.4) is 0 Å². The summed E-state index contributed by atoms with van der Waals surface area (Å²) in [5.74, 6) is -0.0543. The van der Waals surface area contributed by atoms with Gasteiger partial charge in [-0.3, -0.25) is 9.79 Å². The molecule has 0 saturated carbocycles. The molecule has 2 aromatic rings. The van der Waals surface area contributed by atoms with Gasteiger partial charge in [-0.15, -0.1) is 0 Å². The first kappa shape index (κ1) is 14.4. The Morgan fingerprint density at radius 2 is 2.09 bits per heavy atom. The predicted molar refractivity (Wildman–Crippen MR) is 87.2 cm³/mol. The molecule has 22 heavy (non-hydrogen) atoms. The molecule has 0 spiro atoms. The number of nitrogens with zero attached hydrogens (tertiary/aromatic N) is 3. The van der Waals surface area contributed by atoms with Crippen LogP contribution in [0.1, 0.15) is 24.1 Å². The Hall–Kier alpha value is -2.52. The van der Waals surface area contributed by atoms with Crippen molar-refractivity contribution in [1.29, 1.82) is 5.26 Å². The zero-order chi connectivity index (χ0) is 15.5. The van der Waals surface area contributed by atoms with Gasteiger partial charge in [0.1, 0.15) is 11.8 Å². The molecule has 1 aliphatic heterocycles. The van der Waals surface area contributed by atoms with Gasteiger partial charge in [-0.25, -0.2) is 4.98 Å². The van der Waals surface area contributed by atoms with Crippen LogP contribution in [0.5, 0.6) is 0 Å². The van der Waals surface area contributed by atoms with E-state index in [1.54, 1.807) is 18.3 Å². The molecule has 1 aromatic carbocycles. The Bertz CT molecular complexity index is 823. The Morgan fingerprint density at radius 3 is 2.91 bits per heavy atom. The van der Waals surface area contributed by atoms with Crippen molar-refractivity contribution in [1.82, 2.24) is 4.98 Å². The number of benzene rings is 1. The summed E-state index contributed by atoms with van der Waals surface area (Å²) in [6.45, 7) is 0. The third-order valence-electron chi connectivity index (χ3n) is 3.28. The average Bonchev–Trinajstić information content (AvgIpc) is 2.51. The van der Waals surface area contributed by atoms with Crippen LogP contribution in [0.4, 0.5) is 11.4 Å². The van der Waals surface area contributed by atoms with Gasteiger partial charge in [0, 0.05) is 28.4 Å². The summed E-state index contributed by atoms with van der Waals surface area (Å²) in [5.41, 5.74) is 3.29. The molecule has 108 valence electrons. The molecule has 5 nitrogen and oxygen atoms in total. The van der Waals surface area contributed by atoms with Gasteiger partial charge in [-0.05, 0) is 36.8 Å². The van der Waals surface area contributed by atoms with Crippen LogP contribution in [0.25, 0.3) is 0 Å². The second kappa shape index (κ2) is 6.08. The molecule has 0 saturated heterocycles. The van der Waals surface area contributed by atoms with Crippen LogP contribution in [0.15, 0.2) is 46.0 Å². The van der Waals surface area contributed by atoms with Crippen molar-refractivity contribution in [3.8, 4) is 6.07 Å². The number of hydrogen-bond donors (Lipinski definition) is 1.